The number of fused-ring (bicyclic) bond motifs is 1. The van der Waals surface area contributed by atoms with Crippen LogP contribution in [0.1, 0.15) is 0 Å². The average molecular weight is 373 g/mol. The molecule has 2 aromatic rings. The number of aromatic nitrogens is 1. The van der Waals surface area contributed by atoms with E-state index in [9.17, 15) is 13.2 Å². The maximum Gasteiger partial charge on any atom is 0.573 e. The maximum absolute atomic E-state index is 12.6. The van der Waals surface area contributed by atoms with Crippen LogP contribution < -0.4 is 14.0 Å². The van der Waals surface area contributed by atoms with Crippen LogP contribution in [0.25, 0.3) is 0 Å². The minimum Gasteiger partial charge on any atom is -0.406 e. The quantitative estimate of drug-likeness (QED) is 0.760. The van der Waals surface area contributed by atoms with Gasteiger partial charge in [0.05, 0.1) is 0 Å². The minimum atomic E-state index is -4.79. The summed E-state index contributed by atoms with van der Waals surface area (Å²) in [7, 11) is 0. The largest absolute Gasteiger partial charge is 0.573 e. The number of nitrogens with zero attached hydrogens (tertiary/aromatic N) is 4. The molecule has 1 aromatic carbocycles. The van der Waals surface area contributed by atoms with Crippen LogP contribution in [0.2, 0.25) is 0 Å². The molecule has 0 radical (unpaired) electrons. The topological polar surface area (TPSA) is 56.1 Å². The predicted octanol–water partition coefficient (Wildman–Crippen LogP) is 4.13. The van der Waals surface area contributed by atoms with Crippen LogP contribution in [0.4, 0.5) is 18.9 Å². The Hall–Kier alpha value is -3.46. The standard InChI is InChI=1S/C18H12F3N4O2/c19-18(20,21)27-15-5-3-4-13(12-15)25-11-2-1-6-16(25)23-24-17(25)26-14-7-9-22-10-8-14/h1-12H/q+1. The van der Waals surface area contributed by atoms with E-state index < -0.39 is 6.36 Å². The lowest BCUT2D eigenvalue weighted by atomic mass is 10.2. The Morgan fingerprint density at radius 3 is 2.52 bits per heavy atom. The van der Waals surface area contributed by atoms with Gasteiger partial charge in [0.1, 0.15) is 17.7 Å². The summed E-state index contributed by atoms with van der Waals surface area (Å²) >= 11 is 0. The van der Waals surface area contributed by atoms with Gasteiger partial charge in [-0.3, -0.25) is 4.98 Å². The van der Waals surface area contributed by atoms with E-state index in [4.69, 9.17) is 4.74 Å². The summed E-state index contributed by atoms with van der Waals surface area (Å²) in [5.41, 5.74) is 0.432. The molecule has 3 heterocycles. The molecule has 1 atom stereocenters. The second kappa shape index (κ2) is 6.36. The molecular weight excluding hydrogens is 361 g/mol. The number of quaternary nitrogens is 1. The molecule has 0 spiro atoms. The van der Waals surface area contributed by atoms with E-state index in [2.05, 4.69) is 19.9 Å². The first-order valence-electron chi connectivity index (χ1n) is 7.83. The summed E-state index contributed by atoms with van der Waals surface area (Å²) < 4.78 is 47.6. The molecule has 0 saturated heterocycles. The first-order chi connectivity index (χ1) is 13.0. The molecule has 2 aliphatic heterocycles. The lowest BCUT2D eigenvalue weighted by molar-refractivity contribution is -0.274. The van der Waals surface area contributed by atoms with Crippen molar-refractivity contribution >= 4 is 17.5 Å². The highest BCUT2D eigenvalue weighted by Gasteiger charge is 2.48. The van der Waals surface area contributed by atoms with E-state index in [0.29, 0.717) is 17.3 Å². The van der Waals surface area contributed by atoms with Gasteiger partial charge in [0.25, 0.3) is 5.84 Å². The second-order valence-electron chi connectivity index (χ2n) is 5.59. The number of hydrogen-bond donors (Lipinski definition) is 0. The number of rotatable bonds is 3. The Labute approximate surface area is 151 Å². The summed E-state index contributed by atoms with van der Waals surface area (Å²) in [5, 5.41) is 8.22. The molecule has 1 aromatic heterocycles. The van der Waals surface area contributed by atoms with Crippen molar-refractivity contribution in [2.75, 3.05) is 0 Å². The molecule has 27 heavy (non-hydrogen) atoms. The zero-order valence-electron chi connectivity index (χ0n) is 13.7. The Balaban J connectivity index is 1.76. The van der Waals surface area contributed by atoms with Crippen molar-refractivity contribution in [3.05, 3.63) is 73.2 Å². The van der Waals surface area contributed by atoms with Crippen molar-refractivity contribution in [1.29, 1.82) is 0 Å². The number of alkyl halides is 3. The molecule has 6 nitrogen and oxygen atoms in total. The highest BCUT2D eigenvalue weighted by atomic mass is 19.4. The smallest absolute Gasteiger partial charge is 0.406 e. The maximum atomic E-state index is 12.6. The van der Waals surface area contributed by atoms with Gasteiger partial charge in [-0.1, -0.05) is 11.2 Å². The average Bonchev–Trinajstić information content (AvgIpc) is 3.01. The fourth-order valence-corrected chi connectivity index (χ4v) is 2.78. The summed E-state index contributed by atoms with van der Waals surface area (Å²) in [5.74, 6) is 0.610. The van der Waals surface area contributed by atoms with E-state index in [0.717, 1.165) is 0 Å². The van der Waals surface area contributed by atoms with Gasteiger partial charge in [-0.05, 0) is 35.5 Å². The molecule has 0 amide bonds. The van der Waals surface area contributed by atoms with Gasteiger partial charge < -0.3 is 9.47 Å². The third kappa shape index (κ3) is 3.20. The molecule has 2 aliphatic rings. The first-order valence-corrected chi connectivity index (χ1v) is 7.83. The number of pyridine rings is 1. The van der Waals surface area contributed by atoms with Crippen molar-refractivity contribution < 1.29 is 22.6 Å². The SMILES string of the molecule is FC(F)(F)Oc1cccc([N+]23C=CC=CC2=NN=C3Oc2ccncc2)c1. The first kappa shape index (κ1) is 17.0. The van der Waals surface area contributed by atoms with Gasteiger partial charge in [0, 0.05) is 30.6 Å². The minimum absolute atomic E-state index is 0.168. The molecule has 9 heteroatoms. The Morgan fingerprint density at radius 2 is 1.74 bits per heavy atom. The lowest BCUT2D eigenvalue weighted by Crippen LogP contribution is -2.54. The number of halogens is 3. The summed E-state index contributed by atoms with van der Waals surface area (Å²) in [6.45, 7) is 0. The molecule has 4 rings (SSSR count). The van der Waals surface area contributed by atoms with Gasteiger partial charge in [0.2, 0.25) is 0 Å². The van der Waals surface area contributed by atoms with Gasteiger partial charge >= 0.3 is 12.4 Å². The zero-order valence-corrected chi connectivity index (χ0v) is 13.7. The number of ether oxygens (including phenoxy) is 2. The number of allylic oxidation sites excluding steroid dienone is 2. The third-order valence-corrected chi connectivity index (χ3v) is 3.88. The monoisotopic (exact) mass is 373 g/mol. The summed E-state index contributed by atoms with van der Waals surface area (Å²) in [4.78, 5) is 3.92. The van der Waals surface area contributed by atoms with E-state index in [1.165, 1.54) is 18.2 Å². The Kier molecular flexibility index (Phi) is 4.00. The molecule has 1 unspecified atom stereocenters. The van der Waals surface area contributed by atoms with Crippen LogP contribution >= 0.6 is 0 Å². The number of hydrogen-bond acceptors (Lipinski definition) is 5. The van der Waals surface area contributed by atoms with Crippen LogP contribution in [0, 0.1) is 0 Å². The van der Waals surface area contributed by atoms with Crippen molar-refractivity contribution in [2.45, 2.75) is 6.36 Å². The Bertz CT molecular complexity index is 984. The summed E-state index contributed by atoms with van der Waals surface area (Å²) in [6, 6.07) is 9.08. The van der Waals surface area contributed by atoms with E-state index in [-0.39, 0.29) is 16.3 Å². The van der Waals surface area contributed by atoms with Crippen LogP contribution in [-0.4, -0.2) is 23.2 Å². The molecular formula is C18H12F3N4O2+. The normalized spacial score (nSPS) is 20.7. The van der Waals surface area contributed by atoms with Crippen molar-refractivity contribution in [3.8, 4) is 11.5 Å². The van der Waals surface area contributed by atoms with Crippen LogP contribution in [-0.2, 0) is 0 Å². The van der Waals surface area contributed by atoms with Gasteiger partial charge in [0.15, 0.2) is 5.69 Å². The highest BCUT2D eigenvalue weighted by Crippen LogP contribution is 2.36. The fourth-order valence-electron chi connectivity index (χ4n) is 2.78. The molecule has 0 N–H and O–H groups in total. The van der Waals surface area contributed by atoms with Crippen molar-refractivity contribution in [1.82, 2.24) is 9.47 Å². The van der Waals surface area contributed by atoms with Crippen molar-refractivity contribution in [2.24, 2.45) is 10.2 Å². The second-order valence-corrected chi connectivity index (χ2v) is 5.59. The number of benzene rings is 1. The van der Waals surface area contributed by atoms with Crippen LogP contribution in [0.15, 0.2) is 83.4 Å². The molecule has 0 fully saturated rings. The van der Waals surface area contributed by atoms with Crippen LogP contribution in [0.5, 0.6) is 11.5 Å². The molecule has 0 aliphatic carbocycles. The zero-order chi connectivity index (χ0) is 18.9. The van der Waals surface area contributed by atoms with E-state index >= 15 is 0 Å². The Morgan fingerprint density at radius 1 is 0.926 bits per heavy atom. The van der Waals surface area contributed by atoms with E-state index in [1.54, 1.807) is 55.0 Å². The van der Waals surface area contributed by atoms with Crippen molar-refractivity contribution in [3.63, 3.8) is 0 Å². The van der Waals surface area contributed by atoms with Gasteiger partial charge in [-0.15, -0.1) is 17.7 Å². The molecule has 0 saturated carbocycles. The summed E-state index contributed by atoms with van der Waals surface area (Å²) in [6.07, 6.45) is 5.26. The predicted molar refractivity (Wildman–Crippen MR) is 92.9 cm³/mol. The number of amidine groups is 2. The molecule has 136 valence electrons. The van der Waals surface area contributed by atoms with Crippen LogP contribution in [0.3, 0.4) is 0 Å². The van der Waals surface area contributed by atoms with Gasteiger partial charge in [-0.2, -0.15) is 0 Å². The highest BCUT2D eigenvalue weighted by molar-refractivity contribution is 6.19. The lowest BCUT2D eigenvalue weighted by Gasteiger charge is -2.29. The van der Waals surface area contributed by atoms with E-state index in [1.807, 2.05) is 0 Å². The van der Waals surface area contributed by atoms with Gasteiger partial charge in [-0.25, -0.2) is 0 Å². The molecule has 0 bridgehead atoms. The third-order valence-electron chi connectivity index (χ3n) is 3.88. The fraction of sp³-hybridized carbons (Fsp3) is 0.0556.